The molecule has 24 heavy (non-hydrogen) atoms. The highest BCUT2D eigenvalue weighted by Crippen LogP contribution is 2.23. The van der Waals surface area contributed by atoms with Crippen LogP contribution in [0.5, 0.6) is 5.75 Å². The van der Waals surface area contributed by atoms with Crippen LogP contribution in [0.25, 0.3) is 0 Å². The lowest BCUT2D eigenvalue weighted by atomic mass is 10.2. The highest BCUT2D eigenvalue weighted by molar-refractivity contribution is 7.10. The molecule has 0 spiro atoms. The molecule has 2 rings (SSSR count). The van der Waals surface area contributed by atoms with Crippen LogP contribution in [0, 0.1) is 5.82 Å². The van der Waals surface area contributed by atoms with E-state index in [2.05, 4.69) is 13.0 Å². The van der Waals surface area contributed by atoms with Gasteiger partial charge in [-0.15, -0.1) is 11.3 Å². The predicted molar refractivity (Wildman–Crippen MR) is 94.8 cm³/mol. The minimum Gasteiger partial charge on any atom is -0.494 e. The third kappa shape index (κ3) is 4.55. The van der Waals surface area contributed by atoms with E-state index in [1.165, 1.54) is 18.1 Å². The van der Waals surface area contributed by atoms with Crippen molar-refractivity contribution in [2.24, 2.45) is 0 Å². The number of carbonyl (C=O) groups excluding carboxylic acids is 1. The monoisotopic (exact) mass is 350 g/mol. The largest absolute Gasteiger partial charge is 0.494 e. The van der Waals surface area contributed by atoms with E-state index in [4.69, 9.17) is 4.74 Å². The first-order valence-electron chi connectivity index (χ1n) is 7.72. The van der Waals surface area contributed by atoms with E-state index in [1.54, 1.807) is 35.4 Å². The number of rotatable bonds is 7. The lowest BCUT2D eigenvalue weighted by molar-refractivity contribution is -0.131. The Morgan fingerprint density at radius 1 is 1.33 bits per heavy atom. The summed E-state index contributed by atoms with van der Waals surface area (Å²) in [5.74, 6) is -0.214. The number of methoxy groups -OCH3 is 1. The number of thiophene rings is 1. The zero-order chi connectivity index (χ0) is 17.7. The van der Waals surface area contributed by atoms with Gasteiger partial charge in [0.15, 0.2) is 11.6 Å². The van der Waals surface area contributed by atoms with Crippen LogP contribution < -0.4 is 4.74 Å². The number of nitrogens with zero attached hydrogens (tertiary/aromatic N) is 2. The Morgan fingerprint density at radius 2 is 2.08 bits per heavy atom. The molecule has 1 heterocycles. The zero-order valence-corrected chi connectivity index (χ0v) is 15.3. The van der Waals surface area contributed by atoms with Crippen molar-refractivity contribution in [2.75, 3.05) is 27.7 Å². The minimum absolute atomic E-state index is 0.00266. The van der Waals surface area contributed by atoms with Crippen molar-refractivity contribution >= 4 is 17.2 Å². The Balaban J connectivity index is 1.93. The Bertz CT molecular complexity index is 676. The summed E-state index contributed by atoms with van der Waals surface area (Å²) in [6.45, 7) is 2.76. The van der Waals surface area contributed by atoms with Crippen molar-refractivity contribution in [3.8, 4) is 5.75 Å². The first-order chi connectivity index (χ1) is 11.4. The van der Waals surface area contributed by atoms with Crippen LogP contribution >= 0.6 is 11.3 Å². The summed E-state index contributed by atoms with van der Waals surface area (Å²) in [7, 11) is 5.09. The Hall–Kier alpha value is -1.92. The van der Waals surface area contributed by atoms with Gasteiger partial charge in [0.1, 0.15) is 0 Å². The highest BCUT2D eigenvalue weighted by atomic mass is 32.1. The van der Waals surface area contributed by atoms with Gasteiger partial charge in [-0.1, -0.05) is 12.1 Å². The molecule has 0 aliphatic rings. The molecule has 1 atom stereocenters. The van der Waals surface area contributed by atoms with Crippen molar-refractivity contribution in [1.29, 1.82) is 0 Å². The van der Waals surface area contributed by atoms with Crippen molar-refractivity contribution in [2.45, 2.75) is 19.5 Å². The molecule has 0 saturated carbocycles. The second-order valence-electron chi connectivity index (χ2n) is 5.83. The third-order valence-electron chi connectivity index (χ3n) is 4.06. The van der Waals surface area contributed by atoms with Gasteiger partial charge in [0.2, 0.25) is 5.91 Å². The van der Waals surface area contributed by atoms with Crippen molar-refractivity contribution in [3.63, 3.8) is 0 Å². The maximum atomic E-state index is 13.7. The summed E-state index contributed by atoms with van der Waals surface area (Å²) in [5, 5.41) is 2.03. The molecule has 6 heteroatoms. The van der Waals surface area contributed by atoms with Gasteiger partial charge >= 0.3 is 0 Å². The van der Waals surface area contributed by atoms with Crippen LogP contribution in [0.15, 0.2) is 35.7 Å². The lowest BCUT2D eigenvalue weighted by Crippen LogP contribution is -2.37. The molecule has 0 saturated heterocycles. The van der Waals surface area contributed by atoms with Crippen LogP contribution in [0.2, 0.25) is 0 Å². The van der Waals surface area contributed by atoms with Gasteiger partial charge in [0.25, 0.3) is 0 Å². The second kappa shape index (κ2) is 8.26. The Labute approximate surface area is 146 Å². The average Bonchev–Trinajstić information content (AvgIpc) is 3.08. The molecule has 0 bridgehead atoms. The average molecular weight is 350 g/mol. The molecule has 1 unspecified atom stereocenters. The molecule has 1 amide bonds. The van der Waals surface area contributed by atoms with E-state index in [0.29, 0.717) is 13.1 Å². The van der Waals surface area contributed by atoms with Gasteiger partial charge in [-0.2, -0.15) is 0 Å². The van der Waals surface area contributed by atoms with E-state index >= 15 is 0 Å². The number of halogens is 1. The number of hydrogen-bond acceptors (Lipinski definition) is 4. The summed E-state index contributed by atoms with van der Waals surface area (Å²) < 4.78 is 18.6. The van der Waals surface area contributed by atoms with E-state index in [-0.39, 0.29) is 17.7 Å². The second-order valence-corrected chi connectivity index (χ2v) is 6.80. The van der Waals surface area contributed by atoms with Gasteiger partial charge in [-0.3, -0.25) is 9.69 Å². The molecule has 1 aromatic carbocycles. The van der Waals surface area contributed by atoms with Crippen LogP contribution in [0.3, 0.4) is 0 Å². The van der Waals surface area contributed by atoms with Gasteiger partial charge in [0.05, 0.1) is 13.7 Å². The third-order valence-corrected chi connectivity index (χ3v) is 5.11. The topological polar surface area (TPSA) is 32.8 Å². The smallest absolute Gasteiger partial charge is 0.236 e. The number of carbonyl (C=O) groups is 1. The van der Waals surface area contributed by atoms with Crippen molar-refractivity contribution < 1.29 is 13.9 Å². The van der Waals surface area contributed by atoms with Gasteiger partial charge in [-0.05, 0) is 43.1 Å². The summed E-state index contributed by atoms with van der Waals surface area (Å²) in [6, 6.07) is 9.01. The molecule has 1 aromatic heterocycles. The van der Waals surface area contributed by atoms with Gasteiger partial charge in [-0.25, -0.2) is 4.39 Å². The fourth-order valence-corrected chi connectivity index (χ4v) is 3.24. The molecule has 4 nitrogen and oxygen atoms in total. The standard InChI is InChI=1S/C18H23FN2O2S/c1-13(17-6-5-9-24-17)20(2)12-18(22)21(3)11-14-7-8-16(23-4)15(19)10-14/h5-10,13H,11-12H2,1-4H3. The molecule has 0 aliphatic heterocycles. The fraction of sp³-hybridized carbons (Fsp3) is 0.389. The summed E-state index contributed by atoms with van der Waals surface area (Å²) in [5.41, 5.74) is 0.734. The first-order valence-corrected chi connectivity index (χ1v) is 8.60. The summed E-state index contributed by atoms with van der Waals surface area (Å²) in [4.78, 5) is 17.3. The van der Waals surface area contributed by atoms with Crippen molar-refractivity contribution in [1.82, 2.24) is 9.80 Å². The number of amides is 1. The summed E-state index contributed by atoms with van der Waals surface area (Å²) >= 11 is 1.68. The molecule has 130 valence electrons. The molecular weight excluding hydrogens is 327 g/mol. The van der Waals surface area contributed by atoms with Crippen LogP contribution in [-0.2, 0) is 11.3 Å². The summed E-state index contributed by atoms with van der Waals surface area (Å²) in [6.07, 6.45) is 0. The van der Waals surface area contributed by atoms with E-state index in [9.17, 15) is 9.18 Å². The van der Waals surface area contributed by atoms with Crippen molar-refractivity contribution in [3.05, 3.63) is 52.0 Å². The van der Waals surface area contributed by atoms with Gasteiger partial charge < -0.3 is 9.64 Å². The number of ether oxygens (including phenoxy) is 1. The van der Waals surface area contributed by atoms with E-state index < -0.39 is 5.82 Å². The van der Waals surface area contributed by atoms with Crippen LogP contribution in [0.1, 0.15) is 23.4 Å². The number of likely N-dealkylation sites (N-methyl/N-ethyl adjacent to an activating group) is 2. The normalized spacial score (nSPS) is 12.2. The minimum atomic E-state index is -0.417. The molecular formula is C18H23FN2O2S. The van der Waals surface area contributed by atoms with Crippen LogP contribution in [-0.4, -0.2) is 43.5 Å². The molecule has 2 aromatic rings. The Kier molecular flexibility index (Phi) is 6.34. The fourth-order valence-electron chi connectivity index (χ4n) is 2.39. The first kappa shape index (κ1) is 18.4. The highest BCUT2D eigenvalue weighted by Gasteiger charge is 2.18. The number of benzene rings is 1. The maximum absolute atomic E-state index is 13.7. The van der Waals surface area contributed by atoms with E-state index in [1.807, 2.05) is 23.4 Å². The number of hydrogen-bond donors (Lipinski definition) is 0. The van der Waals surface area contributed by atoms with E-state index in [0.717, 1.165) is 5.56 Å². The van der Waals surface area contributed by atoms with Gasteiger partial charge in [0, 0.05) is 24.5 Å². The predicted octanol–water partition coefficient (Wildman–Crippen LogP) is 3.55. The molecule has 0 N–H and O–H groups in total. The van der Waals surface area contributed by atoms with Crippen LogP contribution in [0.4, 0.5) is 4.39 Å². The SMILES string of the molecule is COc1ccc(CN(C)C(=O)CN(C)C(C)c2cccs2)cc1F. The zero-order valence-electron chi connectivity index (χ0n) is 14.5. The maximum Gasteiger partial charge on any atom is 0.236 e. The quantitative estimate of drug-likeness (QED) is 0.766. The molecule has 0 aliphatic carbocycles. The Morgan fingerprint density at radius 3 is 2.67 bits per heavy atom. The molecule has 0 fully saturated rings. The lowest BCUT2D eigenvalue weighted by Gasteiger charge is -2.26. The molecule has 0 radical (unpaired) electrons.